The van der Waals surface area contributed by atoms with Crippen LogP contribution in [-0.2, 0) is 6.42 Å². The van der Waals surface area contributed by atoms with Crippen molar-refractivity contribution in [1.82, 2.24) is 4.98 Å². The normalized spacial score (nSPS) is 11.1. The quantitative estimate of drug-likeness (QED) is 0.763. The molecular weight excluding hydrogens is 308 g/mol. The lowest BCUT2D eigenvalue weighted by Gasteiger charge is -2.07. The summed E-state index contributed by atoms with van der Waals surface area (Å²) < 4.78 is 2.26. The number of benzene rings is 2. The Hall–Kier alpha value is -1.07. The van der Waals surface area contributed by atoms with Crippen LogP contribution >= 0.6 is 34.7 Å². The highest BCUT2D eigenvalue weighted by atomic mass is 35.5. The Labute approximate surface area is 131 Å². The van der Waals surface area contributed by atoms with Crippen LogP contribution in [0.25, 0.3) is 10.2 Å². The van der Waals surface area contributed by atoms with Crippen LogP contribution in [0.3, 0.4) is 0 Å². The van der Waals surface area contributed by atoms with Crippen molar-refractivity contribution in [3.63, 3.8) is 0 Å². The number of rotatable bonds is 4. The van der Waals surface area contributed by atoms with Crippen molar-refractivity contribution in [2.45, 2.75) is 15.7 Å². The highest BCUT2D eigenvalue weighted by Gasteiger charge is 2.09. The number of aromatic nitrogens is 1. The van der Waals surface area contributed by atoms with Gasteiger partial charge in [0, 0.05) is 9.92 Å². The van der Waals surface area contributed by atoms with Gasteiger partial charge in [0.25, 0.3) is 0 Å². The number of hydrogen-bond donors (Lipinski definition) is 1. The monoisotopic (exact) mass is 320 g/mol. The Morgan fingerprint density at radius 1 is 1.20 bits per heavy atom. The van der Waals surface area contributed by atoms with Crippen LogP contribution in [-0.4, -0.2) is 11.5 Å². The maximum absolute atomic E-state index is 6.06. The fourth-order valence-corrected chi connectivity index (χ4v) is 4.34. The van der Waals surface area contributed by atoms with Crippen LogP contribution in [0.15, 0.2) is 51.7 Å². The summed E-state index contributed by atoms with van der Waals surface area (Å²) in [5, 5.41) is 0.752. The minimum atomic E-state index is 0.619. The van der Waals surface area contributed by atoms with Crippen molar-refractivity contribution in [2.75, 3.05) is 6.54 Å². The van der Waals surface area contributed by atoms with E-state index in [0.29, 0.717) is 6.54 Å². The van der Waals surface area contributed by atoms with Crippen LogP contribution in [0.4, 0.5) is 0 Å². The Morgan fingerprint density at radius 3 is 2.85 bits per heavy atom. The van der Waals surface area contributed by atoms with E-state index in [4.69, 9.17) is 17.3 Å². The van der Waals surface area contributed by atoms with E-state index in [1.54, 1.807) is 23.1 Å². The lowest BCUT2D eigenvalue weighted by Crippen LogP contribution is -2.03. The molecule has 0 amide bonds. The predicted molar refractivity (Wildman–Crippen MR) is 88.0 cm³/mol. The van der Waals surface area contributed by atoms with Crippen molar-refractivity contribution in [2.24, 2.45) is 5.73 Å². The fourth-order valence-electron chi connectivity index (χ4n) is 1.99. The van der Waals surface area contributed by atoms with Gasteiger partial charge in [-0.15, -0.1) is 11.3 Å². The van der Waals surface area contributed by atoms with E-state index < -0.39 is 0 Å². The van der Waals surface area contributed by atoms with E-state index in [1.807, 2.05) is 36.4 Å². The smallest absolute Gasteiger partial charge is 0.155 e. The number of hydrogen-bond acceptors (Lipinski definition) is 4. The van der Waals surface area contributed by atoms with Gasteiger partial charge in [0.15, 0.2) is 4.34 Å². The molecule has 2 aromatic carbocycles. The molecule has 0 aliphatic heterocycles. The Morgan fingerprint density at radius 2 is 2.05 bits per heavy atom. The molecule has 5 heteroatoms. The van der Waals surface area contributed by atoms with E-state index >= 15 is 0 Å². The van der Waals surface area contributed by atoms with E-state index in [2.05, 4.69) is 11.1 Å². The van der Waals surface area contributed by atoms with Crippen molar-refractivity contribution in [3.8, 4) is 0 Å². The van der Waals surface area contributed by atoms with Crippen molar-refractivity contribution in [1.29, 1.82) is 0 Å². The average Bonchev–Trinajstić information content (AvgIpc) is 2.84. The first-order chi connectivity index (χ1) is 9.76. The second-order valence-corrected chi connectivity index (χ2v) is 7.10. The molecule has 0 fully saturated rings. The molecule has 102 valence electrons. The highest BCUT2D eigenvalue weighted by Crippen LogP contribution is 2.36. The molecule has 1 heterocycles. The number of thiazole rings is 1. The number of halogens is 1. The zero-order valence-corrected chi connectivity index (χ0v) is 13.1. The largest absolute Gasteiger partial charge is 0.330 e. The molecule has 0 saturated carbocycles. The minimum absolute atomic E-state index is 0.619. The predicted octanol–water partition coefficient (Wildman–Crippen LogP) is 4.60. The van der Waals surface area contributed by atoms with Crippen molar-refractivity contribution in [3.05, 3.63) is 53.1 Å². The zero-order chi connectivity index (χ0) is 13.9. The number of fused-ring (bicyclic) bond motifs is 1. The van der Waals surface area contributed by atoms with Crippen molar-refractivity contribution >= 4 is 44.9 Å². The fraction of sp³-hybridized carbons (Fsp3) is 0.133. The summed E-state index contributed by atoms with van der Waals surface area (Å²) in [6.07, 6.45) is 0.827. The lowest BCUT2D eigenvalue weighted by molar-refractivity contribution is 0.944. The van der Waals surface area contributed by atoms with Gasteiger partial charge in [-0.3, -0.25) is 0 Å². The third kappa shape index (κ3) is 2.99. The van der Waals surface area contributed by atoms with E-state index in [0.717, 1.165) is 21.3 Å². The molecule has 20 heavy (non-hydrogen) atoms. The molecule has 1 aromatic heterocycles. The molecule has 0 unspecified atom stereocenters. The van der Waals surface area contributed by atoms with Gasteiger partial charge in [-0.2, -0.15) is 0 Å². The van der Waals surface area contributed by atoms with Gasteiger partial charge in [-0.05, 0) is 48.9 Å². The van der Waals surface area contributed by atoms with Crippen LogP contribution in [0.5, 0.6) is 0 Å². The highest BCUT2D eigenvalue weighted by molar-refractivity contribution is 8.01. The summed E-state index contributed by atoms with van der Waals surface area (Å²) in [4.78, 5) is 5.83. The second kappa shape index (κ2) is 6.14. The zero-order valence-electron chi connectivity index (χ0n) is 10.7. The second-order valence-electron chi connectivity index (χ2n) is 4.34. The topological polar surface area (TPSA) is 38.9 Å². The number of para-hydroxylation sites is 1. The van der Waals surface area contributed by atoms with Gasteiger partial charge < -0.3 is 5.73 Å². The molecule has 0 bridgehead atoms. The molecule has 0 atom stereocenters. The van der Waals surface area contributed by atoms with Crippen molar-refractivity contribution < 1.29 is 0 Å². The first kappa shape index (κ1) is 13.9. The first-order valence-electron chi connectivity index (χ1n) is 6.28. The molecule has 3 rings (SSSR count). The molecule has 0 aliphatic rings. The molecule has 0 aliphatic carbocycles. The summed E-state index contributed by atoms with van der Waals surface area (Å²) in [5.74, 6) is 0. The van der Waals surface area contributed by atoms with Crippen LogP contribution in [0, 0.1) is 0 Å². The van der Waals surface area contributed by atoms with Gasteiger partial charge in [-0.25, -0.2) is 4.98 Å². The summed E-state index contributed by atoms with van der Waals surface area (Å²) >= 11 is 9.45. The van der Waals surface area contributed by atoms with Gasteiger partial charge in [0.05, 0.1) is 10.2 Å². The molecule has 0 saturated heterocycles. The van der Waals surface area contributed by atoms with Gasteiger partial charge in [0.1, 0.15) is 0 Å². The van der Waals surface area contributed by atoms with E-state index in [1.165, 1.54) is 15.2 Å². The summed E-state index contributed by atoms with van der Waals surface area (Å²) in [5.41, 5.74) is 7.90. The third-order valence-corrected chi connectivity index (χ3v) is 5.36. The van der Waals surface area contributed by atoms with E-state index in [-0.39, 0.29) is 0 Å². The maximum atomic E-state index is 6.06. The van der Waals surface area contributed by atoms with Gasteiger partial charge in [-0.1, -0.05) is 35.5 Å². The Balaban J connectivity index is 1.93. The first-order valence-corrected chi connectivity index (χ1v) is 8.29. The lowest BCUT2D eigenvalue weighted by atomic mass is 10.1. The number of nitrogens with zero attached hydrogens (tertiary/aromatic N) is 1. The van der Waals surface area contributed by atoms with Crippen LogP contribution < -0.4 is 5.73 Å². The average molecular weight is 321 g/mol. The third-order valence-electron chi connectivity index (χ3n) is 2.91. The number of nitrogens with two attached hydrogens (primary N) is 1. The summed E-state index contributed by atoms with van der Waals surface area (Å²) in [7, 11) is 0. The Bertz CT molecular complexity index is 707. The summed E-state index contributed by atoms with van der Waals surface area (Å²) in [6, 6.07) is 14.1. The van der Waals surface area contributed by atoms with Gasteiger partial charge >= 0.3 is 0 Å². The summed E-state index contributed by atoms with van der Waals surface area (Å²) in [6.45, 7) is 0.619. The minimum Gasteiger partial charge on any atom is -0.330 e. The van der Waals surface area contributed by atoms with Crippen LogP contribution in [0.1, 0.15) is 5.56 Å². The Kier molecular flexibility index (Phi) is 4.27. The molecular formula is C15H13ClN2S2. The maximum Gasteiger partial charge on any atom is 0.155 e. The van der Waals surface area contributed by atoms with Crippen LogP contribution in [0.2, 0.25) is 5.02 Å². The SMILES string of the molecule is NCCc1cc(Cl)ccc1Sc1nc2ccccc2s1. The molecule has 0 radical (unpaired) electrons. The molecule has 3 aromatic rings. The molecule has 2 N–H and O–H groups in total. The molecule has 0 spiro atoms. The van der Waals surface area contributed by atoms with Gasteiger partial charge in [0.2, 0.25) is 0 Å². The van der Waals surface area contributed by atoms with E-state index in [9.17, 15) is 0 Å². The standard InChI is InChI=1S/C15H13ClN2S2/c16-11-5-6-13(10(9-11)7-8-17)19-15-18-12-3-1-2-4-14(12)20-15/h1-6,9H,7-8,17H2. The molecule has 2 nitrogen and oxygen atoms in total.